The number of fused-ring (bicyclic) bond motifs is 1. The Morgan fingerprint density at radius 3 is 2.92 bits per heavy atom. The zero-order valence-electron chi connectivity index (χ0n) is 13.5. The fraction of sp³-hybridized carbons (Fsp3) is 0.222. The van der Waals surface area contributed by atoms with Gasteiger partial charge < -0.3 is 4.74 Å². The number of hydrogen-bond donors (Lipinski definition) is 1. The Morgan fingerprint density at radius 2 is 2.12 bits per heavy atom. The van der Waals surface area contributed by atoms with E-state index in [9.17, 15) is 4.79 Å². The fourth-order valence-corrected chi connectivity index (χ4v) is 3.82. The van der Waals surface area contributed by atoms with Crippen LogP contribution in [0.5, 0.6) is 5.75 Å². The number of rotatable bonds is 6. The number of thiazole rings is 1. The number of hydrogen-bond acceptors (Lipinski definition) is 4. The number of nitrogens with zero attached hydrogens (tertiary/aromatic N) is 1. The number of benzene rings is 2. The van der Waals surface area contributed by atoms with Crippen LogP contribution in [0.2, 0.25) is 10.0 Å². The predicted octanol–water partition coefficient (Wildman–Crippen LogP) is 6.03. The number of nitrogens with one attached hydrogen (secondary N) is 1. The highest BCUT2D eigenvalue weighted by molar-refractivity contribution is 7.22. The third-order valence-corrected chi connectivity index (χ3v) is 4.92. The Balaban J connectivity index is 1.76. The van der Waals surface area contributed by atoms with Crippen LogP contribution in [0.3, 0.4) is 0 Å². The van der Waals surface area contributed by atoms with Crippen LogP contribution in [0.25, 0.3) is 10.2 Å². The largest absolute Gasteiger partial charge is 0.494 e. The molecule has 3 aromatic rings. The normalized spacial score (nSPS) is 10.8. The molecule has 2 aromatic carbocycles. The van der Waals surface area contributed by atoms with Gasteiger partial charge in [0.1, 0.15) is 11.3 Å². The summed E-state index contributed by atoms with van der Waals surface area (Å²) >= 11 is 13.5. The minimum absolute atomic E-state index is 0.248. The summed E-state index contributed by atoms with van der Waals surface area (Å²) in [7, 11) is 0. The smallest absolute Gasteiger partial charge is 0.257 e. The summed E-state index contributed by atoms with van der Waals surface area (Å²) in [5, 5.41) is 4.28. The lowest BCUT2D eigenvalue weighted by atomic mass is 10.2. The lowest BCUT2D eigenvalue weighted by Crippen LogP contribution is -2.11. The van der Waals surface area contributed by atoms with Crippen LogP contribution in [-0.4, -0.2) is 17.5 Å². The van der Waals surface area contributed by atoms with Gasteiger partial charge in [-0.3, -0.25) is 10.1 Å². The average Bonchev–Trinajstić information content (AvgIpc) is 2.98. The molecule has 0 saturated carbocycles. The van der Waals surface area contributed by atoms with E-state index in [1.54, 1.807) is 30.3 Å². The van der Waals surface area contributed by atoms with Crippen LogP contribution in [0.4, 0.5) is 5.13 Å². The van der Waals surface area contributed by atoms with Crippen molar-refractivity contribution in [2.24, 2.45) is 0 Å². The molecule has 130 valence electrons. The molecule has 0 aliphatic heterocycles. The topological polar surface area (TPSA) is 51.2 Å². The molecule has 0 unspecified atom stereocenters. The van der Waals surface area contributed by atoms with Gasteiger partial charge in [0.2, 0.25) is 0 Å². The number of halogens is 2. The van der Waals surface area contributed by atoms with Crippen LogP contribution in [0.15, 0.2) is 36.4 Å². The first kappa shape index (κ1) is 18.0. The molecule has 3 rings (SSSR count). The predicted molar refractivity (Wildman–Crippen MR) is 104 cm³/mol. The van der Waals surface area contributed by atoms with Gasteiger partial charge in [-0.15, -0.1) is 0 Å². The number of anilines is 1. The summed E-state index contributed by atoms with van der Waals surface area (Å²) in [6.07, 6.45) is 2.04. The SMILES string of the molecule is CCCCOc1cccc(C(=O)Nc2nc3c(Cl)cc(Cl)cc3s2)c1. The Bertz CT molecular complexity index is 911. The van der Waals surface area contributed by atoms with Crippen molar-refractivity contribution in [3.8, 4) is 5.75 Å². The van der Waals surface area contributed by atoms with Gasteiger partial charge in [0, 0.05) is 10.6 Å². The second-order valence-electron chi connectivity index (χ2n) is 5.44. The van der Waals surface area contributed by atoms with E-state index in [0.29, 0.717) is 38.6 Å². The first-order valence-electron chi connectivity index (χ1n) is 7.86. The van der Waals surface area contributed by atoms with Crippen molar-refractivity contribution in [1.82, 2.24) is 4.98 Å². The van der Waals surface area contributed by atoms with Crippen molar-refractivity contribution in [3.05, 3.63) is 52.0 Å². The Kier molecular flexibility index (Phi) is 5.78. The van der Waals surface area contributed by atoms with Gasteiger partial charge in [-0.1, -0.05) is 53.9 Å². The molecule has 1 N–H and O–H groups in total. The highest BCUT2D eigenvalue weighted by atomic mass is 35.5. The number of carbonyl (C=O) groups is 1. The zero-order chi connectivity index (χ0) is 17.8. The molecule has 1 heterocycles. The number of amides is 1. The van der Waals surface area contributed by atoms with Crippen molar-refractivity contribution < 1.29 is 9.53 Å². The van der Waals surface area contributed by atoms with Crippen molar-refractivity contribution in [2.75, 3.05) is 11.9 Å². The fourth-order valence-electron chi connectivity index (χ4n) is 2.24. The molecule has 25 heavy (non-hydrogen) atoms. The molecule has 0 atom stereocenters. The highest BCUT2D eigenvalue weighted by Gasteiger charge is 2.13. The lowest BCUT2D eigenvalue weighted by Gasteiger charge is -2.07. The van der Waals surface area contributed by atoms with E-state index in [2.05, 4.69) is 17.2 Å². The van der Waals surface area contributed by atoms with Crippen LogP contribution in [0.1, 0.15) is 30.1 Å². The van der Waals surface area contributed by atoms with E-state index in [-0.39, 0.29) is 5.91 Å². The van der Waals surface area contributed by atoms with Crippen molar-refractivity contribution in [1.29, 1.82) is 0 Å². The third-order valence-electron chi connectivity index (χ3n) is 3.50. The van der Waals surface area contributed by atoms with Crippen LogP contribution < -0.4 is 10.1 Å². The molecular formula is C18H16Cl2N2O2S. The van der Waals surface area contributed by atoms with Crippen LogP contribution >= 0.6 is 34.5 Å². The van der Waals surface area contributed by atoms with Gasteiger partial charge in [0.05, 0.1) is 16.3 Å². The van der Waals surface area contributed by atoms with Gasteiger partial charge in [0.15, 0.2) is 5.13 Å². The number of ether oxygens (including phenoxy) is 1. The molecule has 0 bridgehead atoms. The van der Waals surface area contributed by atoms with E-state index in [4.69, 9.17) is 27.9 Å². The summed E-state index contributed by atoms with van der Waals surface area (Å²) in [6, 6.07) is 10.5. The van der Waals surface area contributed by atoms with Crippen molar-refractivity contribution in [2.45, 2.75) is 19.8 Å². The average molecular weight is 395 g/mol. The molecule has 0 aliphatic carbocycles. The lowest BCUT2D eigenvalue weighted by molar-refractivity contribution is 0.102. The van der Waals surface area contributed by atoms with Gasteiger partial charge in [-0.25, -0.2) is 4.98 Å². The monoisotopic (exact) mass is 394 g/mol. The van der Waals surface area contributed by atoms with Gasteiger partial charge in [-0.2, -0.15) is 0 Å². The Labute approximate surface area is 159 Å². The van der Waals surface area contributed by atoms with Gasteiger partial charge >= 0.3 is 0 Å². The van der Waals surface area contributed by atoms with E-state index in [1.807, 2.05) is 6.07 Å². The molecule has 0 spiro atoms. The quantitative estimate of drug-likeness (QED) is 0.518. The minimum atomic E-state index is -0.248. The molecule has 0 saturated heterocycles. The van der Waals surface area contributed by atoms with Crippen molar-refractivity contribution >= 4 is 55.8 Å². The van der Waals surface area contributed by atoms with Gasteiger partial charge in [-0.05, 0) is 36.8 Å². The summed E-state index contributed by atoms with van der Waals surface area (Å²) in [5.74, 6) is 0.433. The van der Waals surface area contributed by atoms with E-state index < -0.39 is 0 Å². The summed E-state index contributed by atoms with van der Waals surface area (Å²) in [5.41, 5.74) is 1.14. The first-order valence-corrected chi connectivity index (χ1v) is 9.44. The van der Waals surface area contributed by atoms with E-state index in [1.165, 1.54) is 11.3 Å². The van der Waals surface area contributed by atoms with Crippen LogP contribution in [-0.2, 0) is 0 Å². The standard InChI is InChI=1S/C18H16Cl2N2O2S/c1-2-3-7-24-13-6-4-5-11(8-13)17(23)22-18-21-16-14(20)9-12(19)10-15(16)25-18/h4-6,8-10H,2-3,7H2,1H3,(H,21,22,23). The summed E-state index contributed by atoms with van der Waals surface area (Å²) < 4.78 is 6.46. The molecule has 1 amide bonds. The maximum atomic E-state index is 12.5. The second kappa shape index (κ2) is 8.04. The second-order valence-corrected chi connectivity index (χ2v) is 7.31. The third kappa shape index (κ3) is 4.42. The molecular weight excluding hydrogens is 379 g/mol. The number of unbranched alkanes of at least 4 members (excludes halogenated alkanes) is 1. The molecule has 0 radical (unpaired) electrons. The van der Waals surface area contributed by atoms with Crippen LogP contribution in [0, 0.1) is 0 Å². The Morgan fingerprint density at radius 1 is 1.28 bits per heavy atom. The molecule has 1 aromatic heterocycles. The summed E-state index contributed by atoms with van der Waals surface area (Å²) in [4.78, 5) is 16.8. The first-order chi connectivity index (χ1) is 12.1. The maximum Gasteiger partial charge on any atom is 0.257 e. The minimum Gasteiger partial charge on any atom is -0.494 e. The van der Waals surface area contributed by atoms with E-state index in [0.717, 1.165) is 17.5 Å². The highest BCUT2D eigenvalue weighted by Crippen LogP contribution is 2.33. The molecule has 0 aliphatic rings. The maximum absolute atomic E-state index is 12.5. The number of aromatic nitrogens is 1. The summed E-state index contributed by atoms with van der Waals surface area (Å²) in [6.45, 7) is 2.74. The van der Waals surface area contributed by atoms with E-state index >= 15 is 0 Å². The molecule has 4 nitrogen and oxygen atoms in total. The molecule has 0 fully saturated rings. The van der Waals surface area contributed by atoms with Crippen molar-refractivity contribution in [3.63, 3.8) is 0 Å². The zero-order valence-corrected chi connectivity index (χ0v) is 15.8. The Hall–Kier alpha value is -1.82. The van der Waals surface area contributed by atoms with Gasteiger partial charge in [0.25, 0.3) is 5.91 Å². The molecule has 7 heteroatoms. The number of carbonyl (C=O) groups excluding carboxylic acids is 1.